The van der Waals surface area contributed by atoms with Crippen LogP contribution < -0.4 is 10.4 Å². The van der Waals surface area contributed by atoms with Crippen LogP contribution in [0.25, 0.3) is 17.2 Å². The van der Waals surface area contributed by atoms with E-state index in [2.05, 4.69) is 18.1 Å². The van der Waals surface area contributed by atoms with Crippen molar-refractivity contribution in [1.82, 2.24) is 0 Å². The van der Waals surface area contributed by atoms with E-state index in [1.807, 2.05) is 12.1 Å². The van der Waals surface area contributed by atoms with Crippen LogP contribution in [0.15, 0.2) is 18.2 Å². The van der Waals surface area contributed by atoms with Gasteiger partial charge in [0.05, 0.1) is 0 Å². The summed E-state index contributed by atoms with van der Waals surface area (Å²) in [6.07, 6.45) is 5.30. The summed E-state index contributed by atoms with van der Waals surface area (Å²) in [6, 6.07) is 6.19. The minimum Gasteiger partial charge on any atom is -0.233 e. The van der Waals surface area contributed by atoms with Gasteiger partial charge in [0.2, 0.25) is 0 Å². The second-order valence-corrected chi connectivity index (χ2v) is 3.87. The molecule has 14 heavy (non-hydrogen) atoms. The van der Waals surface area contributed by atoms with Crippen LogP contribution in [0, 0.1) is 0 Å². The monoisotopic (exact) mass is 182 g/mol. The fourth-order valence-corrected chi connectivity index (χ4v) is 2.49. The summed E-state index contributed by atoms with van der Waals surface area (Å²) in [5.74, 6) is 2.07. The van der Waals surface area contributed by atoms with E-state index >= 15 is 0 Å². The summed E-state index contributed by atoms with van der Waals surface area (Å²) in [5, 5.41) is 2.62. The molecule has 0 fully saturated rings. The first-order valence-electron chi connectivity index (χ1n) is 4.96. The van der Waals surface area contributed by atoms with Gasteiger partial charge in [-0.05, 0) is 28.8 Å². The summed E-state index contributed by atoms with van der Waals surface area (Å²) in [5.41, 5.74) is 3.38. The van der Waals surface area contributed by atoms with Gasteiger partial charge in [-0.15, -0.1) is 0 Å². The zero-order chi connectivity index (χ0) is 9.54. The predicted molar refractivity (Wildman–Crippen MR) is 56.5 cm³/mol. The lowest BCUT2D eigenvalue weighted by Crippen LogP contribution is -2.29. The average molecular weight is 182 g/mol. The molecular formula is C13H10O. The van der Waals surface area contributed by atoms with Crippen LogP contribution in [-0.4, -0.2) is 5.94 Å². The van der Waals surface area contributed by atoms with Crippen molar-refractivity contribution >= 4 is 23.2 Å². The molecule has 0 N–H and O–H groups in total. The molecule has 0 heterocycles. The third-order valence-corrected chi connectivity index (χ3v) is 3.10. The largest absolute Gasteiger partial charge is 0.233 e. The molecule has 0 atom stereocenters. The van der Waals surface area contributed by atoms with Crippen LogP contribution in [0.5, 0.6) is 0 Å². The zero-order valence-electron chi connectivity index (χ0n) is 7.84. The van der Waals surface area contributed by atoms with Gasteiger partial charge in [0.25, 0.3) is 0 Å². The lowest BCUT2D eigenvalue weighted by atomic mass is 10.0. The molecule has 0 radical (unpaired) electrons. The molecule has 3 rings (SSSR count). The van der Waals surface area contributed by atoms with Crippen molar-refractivity contribution in [2.75, 3.05) is 0 Å². The molecule has 0 saturated heterocycles. The van der Waals surface area contributed by atoms with Gasteiger partial charge in [0, 0.05) is 12.0 Å². The Hall–Kier alpha value is -1.59. The van der Waals surface area contributed by atoms with Crippen LogP contribution in [-0.2, 0) is 4.79 Å². The topological polar surface area (TPSA) is 17.1 Å². The first kappa shape index (κ1) is 7.78. The Kier molecular flexibility index (Phi) is 1.50. The van der Waals surface area contributed by atoms with Crippen LogP contribution in [0.1, 0.15) is 24.8 Å². The van der Waals surface area contributed by atoms with Crippen molar-refractivity contribution in [2.24, 2.45) is 0 Å². The van der Waals surface area contributed by atoms with Crippen molar-refractivity contribution in [3.63, 3.8) is 0 Å². The SMILES string of the molecule is O=C=C1CC2=c3c1cccc3=CCC2. The smallest absolute Gasteiger partial charge is 0.128 e. The summed E-state index contributed by atoms with van der Waals surface area (Å²) in [7, 11) is 0. The van der Waals surface area contributed by atoms with Gasteiger partial charge in [0.15, 0.2) is 0 Å². The fraction of sp³-hybridized carbons (Fsp3) is 0.231. The second kappa shape index (κ2) is 2.70. The summed E-state index contributed by atoms with van der Waals surface area (Å²) < 4.78 is 0. The molecule has 0 aliphatic heterocycles. The molecule has 0 amide bonds. The number of allylic oxidation sites excluding steroid dienone is 1. The number of hydrogen-bond acceptors (Lipinski definition) is 1. The third kappa shape index (κ3) is 0.878. The molecule has 0 saturated carbocycles. The molecule has 68 valence electrons. The van der Waals surface area contributed by atoms with E-state index in [0.717, 1.165) is 30.4 Å². The number of benzene rings is 1. The van der Waals surface area contributed by atoms with Gasteiger partial charge < -0.3 is 0 Å². The minimum absolute atomic E-state index is 0.823. The van der Waals surface area contributed by atoms with Gasteiger partial charge in [0.1, 0.15) is 5.94 Å². The normalized spacial score (nSPS) is 17.4. The third-order valence-electron chi connectivity index (χ3n) is 3.10. The quantitative estimate of drug-likeness (QED) is 0.548. The minimum atomic E-state index is 0.823. The van der Waals surface area contributed by atoms with Gasteiger partial charge in [-0.25, -0.2) is 4.79 Å². The molecule has 0 bridgehead atoms. The van der Waals surface area contributed by atoms with Crippen LogP contribution in [0.4, 0.5) is 0 Å². The fourth-order valence-electron chi connectivity index (χ4n) is 2.49. The van der Waals surface area contributed by atoms with Crippen molar-refractivity contribution in [2.45, 2.75) is 19.3 Å². The second-order valence-electron chi connectivity index (χ2n) is 3.87. The Labute approximate surface area is 82.1 Å². The summed E-state index contributed by atoms with van der Waals surface area (Å²) in [6.45, 7) is 0. The molecule has 1 aromatic rings. The number of carbonyl (C=O) groups excluding carboxylic acids is 1. The predicted octanol–water partition coefficient (Wildman–Crippen LogP) is 1.03. The van der Waals surface area contributed by atoms with Crippen molar-refractivity contribution in [1.29, 1.82) is 0 Å². The van der Waals surface area contributed by atoms with E-state index in [1.165, 1.54) is 16.0 Å². The van der Waals surface area contributed by atoms with Crippen molar-refractivity contribution in [3.05, 3.63) is 34.2 Å². The highest BCUT2D eigenvalue weighted by atomic mass is 16.1. The Bertz CT molecular complexity index is 572. The van der Waals surface area contributed by atoms with Crippen LogP contribution >= 0.6 is 0 Å². The van der Waals surface area contributed by atoms with E-state index < -0.39 is 0 Å². The van der Waals surface area contributed by atoms with Gasteiger partial charge in [-0.2, -0.15) is 0 Å². The average Bonchev–Trinajstić information content (AvgIpc) is 2.60. The van der Waals surface area contributed by atoms with Gasteiger partial charge >= 0.3 is 0 Å². The van der Waals surface area contributed by atoms with E-state index in [4.69, 9.17) is 0 Å². The van der Waals surface area contributed by atoms with E-state index in [0.29, 0.717) is 0 Å². The molecule has 0 spiro atoms. The lowest BCUT2D eigenvalue weighted by Gasteiger charge is -2.03. The molecule has 0 aromatic heterocycles. The Morgan fingerprint density at radius 2 is 2.21 bits per heavy atom. The van der Waals surface area contributed by atoms with Crippen molar-refractivity contribution in [3.8, 4) is 0 Å². The van der Waals surface area contributed by atoms with E-state index in [-0.39, 0.29) is 0 Å². The summed E-state index contributed by atoms with van der Waals surface area (Å²) >= 11 is 0. The Balaban J connectivity index is 2.53. The van der Waals surface area contributed by atoms with Gasteiger partial charge in [-0.1, -0.05) is 29.8 Å². The molecule has 2 aliphatic carbocycles. The maximum Gasteiger partial charge on any atom is 0.128 e. The maximum absolute atomic E-state index is 10.8. The highest BCUT2D eigenvalue weighted by molar-refractivity contribution is 5.95. The maximum atomic E-state index is 10.8. The van der Waals surface area contributed by atoms with E-state index in [9.17, 15) is 4.79 Å². The number of hydrogen-bond donors (Lipinski definition) is 0. The lowest BCUT2D eigenvalue weighted by molar-refractivity contribution is 0.569. The molecule has 1 heteroatoms. The first-order valence-corrected chi connectivity index (χ1v) is 4.96. The Morgan fingerprint density at radius 1 is 1.29 bits per heavy atom. The highest BCUT2D eigenvalue weighted by Gasteiger charge is 2.19. The standard InChI is InChI=1S/C13H10O/c14-8-11-7-10-5-1-3-9-4-2-6-12(11)13(9)10/h2-4,6H,1,5,7H2. The highest BCUT2D eigenvalue weighted by Crippen LogP contribution is 2.27. The van der Waals surface area contributed by atoms with Crippen LogP contribution in [0.3, 0.4) is 0 Å². The summed E-state index contributed by atoms with van der Waals surface area (Å²) in [4.78, 5) is 10.8. The first-order chi connectivity index (χ1) is 6.90. The molecule has 0 unspecified atom stereocenters. The molecule has 1 aromatic carbocycles. The number of rotatable bonds is 0. The van der Waals surface area contributed by atoms with E-state index in [1.54, 1.807) is 0 Å². The molecule has 2 aliphatic rings. The zero-order valence-corrected chi connectivity index (χ0v) is 7.84. The Morgan fingerprint density at radius 3 is 3.07 bits per heavy atom. The van der Waals surface area contributed by atoms with Gasteiger partial charge in [-0.3, -0.25) is 0 Å². The molecule has 1 nitrogen and oxygen atoms in total. The van der Waals surface area contributed by atoms with Crippen molar-refractivity contribution < 1.29 is 4.79 Å². The molecular weight excluding hydrogens is 172 g/mol. The van der Waals surface area contributed by atoms with Crippen LogP contribution in [0.2, 0.25) is 0 Å².